The Balaban J connectivity index is 0.000000226. The summed E-state index contributed by atoms with van der Waals surface area (Å²) in [5, 5.41) is 3.96. The molecule has 0 bridgehead atoms. The van der Waals surface area contributed by atoms with Gasteiger partial charge in [0.1, 0.15) is 0 Å². The molecule has 46 heavy (non-hydrogen) atoms. The van der Waals surface area contributed by atoms with Crippen molar-refractivity contribution in [2.24, 2.45) is 17.8 Å². The topological polar surface area (TPSA) is 82.2 Å². The average Bonchev–Trinajstić information content (AvgIpc) is 3.77. The smallest absolute Gasteiger partial charge is 0.227 e. The third-order valence-electron chi connectivity index (χ3n) is 9.44. The van der Waals surface area contributed by atoms with Crippen molar-refractivity contribution >= 4 is 29.8 Å². The van der Waals surface area contributed by atoms with Crippen molar-refractivity contribution in [3.05, 3.63) is 35.4 Å². The average molecular weight is 663 g/mol. The van der Waals surface area contributed by atoms with E-state index in [0.29, 0.717) is 37.5 Å². The lowest BCUT2D eigenvalue weighted by molar-refractivity contribution is -0.134. The van der Waals surface area contributed by atoms with Gasteiger partial charge in [0.2, 0.25) is 18.2 Å². The minimum absolute atomic E-state index is 0.208. The quantitative estimate of drug-likeness (QED) is 0.345. The van der Waals surface area contributed by atoms with Crippen molar-refractivity contribution in [3.63, 3.8) is 0 Å². The van der Waals surface area contributed by atoms with Crippen LogP contribution in [-0.2, 0) is 19.1 Å². The molecule has 3 saturated heterocycles. The third kappa shape index (κ3) is 16.1. The zero-order valence-electron chi connectivity index (χ0n) is 29.6. The minimum atomic E-state index is 0.208. The number of amides is 3. The fraction of sp³-hybridized carbons (Fsp3) is 0.757. The van der Waals surface area contributed by atoms with Crippen molar-refractivity contribution < 1.29 is 19.1 Å². The Bertz CT molecular complexity index is 985. The number of nitrogens with one attached hydrogen (secondary N) is 1. The second-order valence-corrected chi connectivity index (χ2v) is 14.9. The van der Waals surface area contributed by atoms with Gasteiger partial charge >= 0.3 is 0 Å². The molecular formula is C37H63ClN4O4. The highest BCUT2D eigenvalue weighted by molar-refractivity contribution is 6.30. The van der Waals surface area contributed by atoms with Gasteiger partial charge in [-0.25, -0.2) is 0 Å². The van der Waals surface area contributed by atoms with Gasteiger partial charge in [-0.05, 0) is 96.2 Å². The monoisotopic (exact) mass is 662 g/mol. The van der Waals surface area contributed by atoms with Crippen LogP contribution in [0.2, 0.25) is 5.02 Å². The molecule has 3 heterocycles. The zero-order chi connectivity index (χ0) is 34.0. The van der Waals surface area contributed by atoms with Crippen LogP contribution in [0.4, 0.5) is 0 Å². The number of rotatable bonds is 6. The molecule has 3 aliphatic heterocycles. The molecule has 4 fully saturated rings. The van der Waals surface area contributed by atoms with E-state index in [1.807, 2.05) is 30.3 Å². The van der Waals surface area contributed by atoms with Crippen LogP contribution in [0.5, 0.6) is 0 Å². The largest absolute Gasteiger partial charge is 0.378 e. The second-order valence-electron chi connectivity index (χ2n) is 14.4. The van der Waals surface area contributed by atoms with E-state index in [1.54, 1.807) is 4.90 Å². The first-order valence-electron chi connectivity index (χ1n) is 17.7. The Morgan fingerprint density at radius 3 is 2.04 bits per heavy atom. The van der Waals surface area contributed by atoms with Crippen LogP contribution < -0.4 is 5.32 Å². The number of nitrogens with zero attached hydrogens (tertiary/aromatic N) is 3. The number of carbonyl (C=O) groups is 3. The Hall–Kier alpha value is -2.16. The van der Waals surface area contributed by atoms with Crippen LogP contribution >= 0.6 is 11.6 Å². The fourth-order valence-electron chi connectivity index (χ4n) is 6.02. The number of hydrogen-bond donors (Lipinski definition) is 1. The van der Waals surface area contributed by atoms with Gasteiger partial charge in [-0.2, -0.15) is 0 Å². The minimum Gasteiger partial charge on any atom is -0.378 e. The van der Waals surface area contributed by atoms with Gasteiger partial charge in [0.25, 0.3) is 0 Å². The molecule has 0 aromatic heterocycles. The number of ether oxygens (including phenoxy) is 1. The van der Waals surface area contributed by atoms with E-state index in [1.165, 1.54) is 38.5 Å². The van der Waals surface area contributed by atoms with Crippen LogP contribution in [0.1, 0.15) is 99.3 Å². The van der Waals surface area contributed by atoms with Gasteiger partial charge in [-0.15, -0.1) is 0 Å². The Morgan fingerprint density at radius 1 is 0.978 bits per heavy atom. The first kappa shape index (κ1) is 40.0. The molecule has 0 radical (unpaired) electrons. The molecule has 9 heteroatoms. The van der Waals surface area contributed by atoms with E-state index < -0.39 is 0 Å². The van der Waals surface area contributed by atoms with E-state index >= 15 is 0 Å². The molecular weight excluding hydrogens is 600 g/mol. The molecule has 1 aliphatic carbocycles. The lowest BCUT2D eigenvalue weighted by Gasteiger charge is -2.31. The van der Waals surface area contributed by atoms with Gasteiger partial charge in [0, 0.05) is 55.7 Å². The molecule has 1 saturated carbocycles. The summed E-state index contributed by atoms with van der Waals surface area (Å²) in [4.78, 5) is 40.1. The lowest BCUT2D eigenvalue weighted by Crippen LogP contribution is -2.41. The number of hydrogen-bond acceptors (Lipinski definition) is 5. The SMILES string of the molecule is CC(C)(C)N1CC[C@H](C(=O)N2CCCC2)C1.CCC(C)CC(=O)NC1CCC(C)CC1.Clc1ccccc1.O=CN1CCOCC1. The summed E-state index contributed by atoms with van der Waals surface area (Å²) in [5.74, 6) is 2.30. The normalized spacial score (nSPS) is 23.8. The summed E-state index contributed by atoms with van der Waals surface area (Å²) < 4.78 is 5.00. The molecule has 4 aliphatic rings. The molecule has 0 spiro atoms. The molecule has 1 unspecified atom stereocenters. The standard InChI is InChI=1S/C13H24N2O.C13H25NO.C6H5Cl.C5H9NO2/c1-13(2,3)15-9-6-11(10-15)12(16)14-7-4-5-8-14;1-4-10(2)9-13(15)14-12-7-5-11(3)6-8-12;7-6-4-2-1-3-5-6;7-5-6-1-3-8-4-2-6/h11H,4-10H2,1-3H3;10-12H,4-9H2,1-3H3,(H,14,15);1-5H;5H,1-4H2/t11-;;;/m0.../s1. The highest BCUT2D eigenvalue weighted by Gasteiger charge is 2.36. The molecule has 3 amide bonds. The maximum absolute atomic E-state index is 12.2. The highest BCUT2D eigenvalue weighted by Crippen LogP contribution is 2.27. The van der Waals surface area contributed by atoms with Crippen LogP contribution in [0.25, 0.3) is 0 Å². The van der Waals surface area contributed by atoms with Gasteiger partial charge in [0.05, 0.1) is 19.1 Å². The molecule has 1 N–H and O–H groups in total. The van der Waals surface area contributed by atoms with E-state index in [0.717, 1.165) is 69.5 Å². The molecule has 5 rings (SSSR count). The number of morpholine rings is 1. The number of carbonyl (C=O) groups excluding carboxylic acids is 3. The molecule has 1 aromatic rings. The number of likely N-dealkylation sites (tertiary alicyclic amines) is 2. The van der Waals surface area contributed by atoms with Crippen LogP contribution in [-0.4, -0.2) is 97.0 Å². The first-order valence-corrected chi connectivity index (χ1v) is 18.1. The molecule has 8 nitrogen and oxygen atoms in total. The van der Waals surface area contributed by atoms with Crippen molar-refractivity contribution in [1.82, 2.24) is 20.0 Å². The van der Waals surface area contributed by atoms with E-state index in [2.05, 4.69) is 56.7 Å². The molecule has 2 atom stereocenters. The maximum atomic E-state index is 12.2. The summed E-state index contributed by atoms with van der Waals surface area (Å²) in [5.41, 5.74) is 0.208. The lowest BCUT2D eigenvalue weighted by atomic mass is 9.87. The second kappa shape index (κ2) is 21.7. The summed E-state index contributed by atoms with van der Waals surface area (Å²) >= 11 is 5.54. The molecule has 1 aromatic carbocycles. The van der Waals surface area contributed by atoms with Gasteiger partial charge in [-0.3, -0.25) is 19.3 Å². The highest BCUT2D eigenvalue weighted by atomic mass is 35.5. The van der Waals surface area contributed by atoms with Gasteiger partial charge < -0.3 is 19.9 Å². The molecule has 262 valence electrons. The summed E-state index contributed by atoms with van der Waals surface area (Å²) in [6.07, 6.45) is 11.0. The predicted molar refractivity (Wildman–Crippen MR) is 189 cm³/mol. The summed E-state index contributed by atoms with van der Waals surface area (Å²) in [6.45, 7) is 20.2. The maximum Gasteiger partial charge on any atom is 0.227 e. The van der Waals surface area contributed by atoms with Crippen LogP contribution in [0, 0.1) is 17.8 Å². The van der Waals surface area contributed by atoms with E-state index in [9.17, 15) is 14.4 Å². The van der Waals surface area contributed by atoms with Crippen molar-refractivity contribution in [3.8, 4) is 0 Å². The van der Waals surface area contributed by atoms with Gasteiger partial charge in [0.15, 0.2) is 0 Å². The Kier molecular flexibility index (Phi) is 18.8. The Morgan fingerprint density at radius 2 is 1.59 bits per heavy atom. The van der Waals surface area contributed by atoms with Crippen molar-refractivity contribution in [2.75, 3.05) is 52.5 Å². The number of benzene rings is 1. The third-order valence-corrected chi connectivity index (χ3v) is 9.70. The summed E-state index contributed by atoms with van der Waals surface area (Å²) in [6, 6.07) is 9.90. The van der Waals surface area contributed by atoms with Crippen LogP contribution in [0.15, 0.2) is 30.3 Å². The van der Waals surface area contributed by atoms with E-state index in [4.69, 9.17) is 16.3 Å². The Labute approximate surface area is 284 Å². The number of halogens is 1. The van der Waals surface area contributed by atoms with Gasteiger partial charge in [-0.1, -0.05) is 57.0 Å². The first-order chi connectivity index (χ1) is 21.9. The van der Waals surface area contributed by atoms with Crippen molar-refractivity contribution in [2.45, 2.75) is 111 Å². The summed E-state index contributed by atoms with van der Waals surface area (Å²) in [7, 11) is 0. The predicted octanol–water partition coefficient (Wildman–Crippen LogP) is 6.66. The zero-order valence-corrected chi connectivity index (χ0v) is 30.4. The van der Waals surface area contributed by atoms with Crippen molar-refractivity contribution in [1.29, 1.82) is 0 Å². The fourth-order valence-corrected chi connectivity index (χ4v) is 6.16. The van der Waals surface area contributed by atoms with E-state index in [-0.39, 0.29) is 17.4 Å². The van der Waals surface area contributed by atoms with Crippen LogP contribution in [0.3, 0.4) is 0 Å².